The molecule has 3 aromatic carbocycles. The molecule has 1 amide bonds. The van der Waals surface area contributed by atoms with Gasteiger partial charge in [0.15, 0.2) is 0 Å². The zero-order valence-corrected chi connectivity index (χ0v) is 18.7. The van der Waals surface area contributed by atoms with E-state index in [4.69, 9.17) is 16.3 Å². The van der Waals surface area contributed by atoms with Gasteiger partial charge in [-0.25, -0.2) is 5.43 Å². The number of fused-ring (bicyclic) bond motifs is 1. The molecule has 2 aromatic heterocycles. The third kappa shape index (κ3) is 4.69. The first-order valence-corrected chi connectivity index (χ1v) is 11.0. The molecule has 0 fully saturated rings. The Balaban J connectivity index is 1.20. The lowest BCUT2D eigenvalue weighted by molar-refractivity contribution is 0.0950. The van der Waals surface area contributed by atoms with Crippen LogP contribution < -0.4 is 10.2 Å². The molecule has 0 atom stereocenters. The molecule has 0 radical (unpaired) electrons. The molecular weight excluding hydrogens is 450 g/mol. The molecular formula is C26H20ClN5O2. The second kappa shape index (κ2) is 9.64. The lowest BCUT2D eigenvalue weighted by atomic mass is 10.1. The van der Waals surface area contributed by atoms with Crippen molar-refractivity contribution in [1.29, 1.82) is 0 Å². The highest BCUT2D eigenvalue weighted by Gasteiger charge is 2.11. The molecule has 2 heterocycles. The maximum Gasteiger partial charge on any atom is 0.289 e. The number of H-pyrrole nitrogens is 2. The second-order valence-electron chi connectivity index (χ2n) is 7.56. The Kier molecular flexibility index (Phi) is 6.09. The Morgan fingerprint density at radius 1 is 1.06 bits per heavy atom. The van der Waals surface area contributed by atoms with E-state index in [1.807, 2.05) is 79.0 Å². The van der Waals surface area contributed by atoms with Crippen LogP contribution in [-0.4, -0.2) is 27.3 Å². The SMILES string of the molecule is O=C(N/N=C/c1c[nH]c2ccccc12)c1cc(-c2ccc(OCc3ccccc3Cl)cc2)n[nH]1. The maximum absolute atomic E-state index is 12.4. The van der Waals surface area contributed by atoms with E-state index in [1.54, 1.807) is 12.3 Å². The number of aromatic nitrogens is 3. The lowest BCUT2D eigenvalue weighted by Crippen LogP contribution is -2.17. The first-order chi connectivity index (χ1) is 16.7. The number of carbonyl (C=O) groups is 1. The highest BCUT2D eigenvalue weighted by atomic mass is 35.5. The molecule has 0 saturated heterocycles. The molecule has 0 bridgehead atoms. The summed E-state index contributed by atoms with van der Waals surface area (Å²) in [4.78, 5) is 15.6. The average molecular weight is 470 g/mol. The molecule has 5 aromatic rings. The number of aromatic amines is 2. The summed E-state index contributed by atoms with van der Waals surface area (Å²) in [6.07, 6.45) is 3.45. The standard InChI is InChI=1S/C26H20ClN5O2/c27-22-7-3-1-5-18(22)16-34-20-11-9-17(10-12-20)24-13-25(31-30-24)26(33)32-29-15-19-14-28-23-8-4-2-6-21(19)23/h1-15,28H,16H2,(H,30,31)(H,32,33)/b29-15+. The number of carbonyl (C=O) groups excluding carboxylic acids is 1. The van der Waals surface area contributed by atoms with Gasteiger partial charge >= 0.3 is 0 Å². The van der Waals surface area contributed by atoms with Gasteiger partial charge in [0, 0.05) is 38.8 Å². The molecule has 0 saturated carbocycles. The van der Waals surface area contributed by atoms with E-state index in [2.05, 4.69) is 25.7 Å². The van der Waals surface area contributed by atoms with Gasteiger partial charge in [-0.05, 0) is 42.5 Å². The van der Waals surface area contributed by atoms with Crippen molar-refractivity contribution in [2.75, 3.05) is 0 Å². The van der Waals surface area contributed by atoms with Crippen LogP contribution in [0.3, 0.4) is 0 Å². The Morgan fingerprint density at radius 2 is 1.85 bits per heavy atom. The van der Waals surface area contributed by atoms with Crippen molar-refractivity contribution in [3.05, 3.63) is 107 Å². The number of halogens is 1. The van der Waals surface area contributed by atoms with Gasteiger partial charge in [0.1, 0.15) is 18.1 Å². The van der Waals surface area contributed by atoms with Crippen molar-refractivity contribution in [2.24, 2.45) is 5.10 Å². The second-order valence-corrected chi connectivity index (χ2v) is 7.97. The summed E-state index contributed by atoms with van der Waals surface area (Å²) in [7, 11) is 0. The first-order valence-electron chi connectivity index (χ1n) is 10.6. The number of benzene rings is 3. The smallest absolute Gasteiger partial charge is 0.289 e. The van der Waals surface area contributed by atoms with Crippen molar-refractivity contribution in [1.82, 2.24) is 20.6 Å². The van der Waals surface area contributed by atoms with Gasteiger partial charge in [-0.1, -0.05) is 48.0 Å². The molecule has 0 unspecified atom stereocenters. The molecule has 0 aliphatic heterocycles. The van der Waals surface area contributed by atoms with Crippen LogP contribution >= 0.6 is 11.6 Å². The molecule has 0 aliphatic rings. The third-order valence-electron chi connectivity index (χ3n) is 5.32. The summed E-state index contributed by atoms with van der Waals surface area (Å²) in [5, 5.41) is 12.8. The van der Waals surface area contributed by atoms with Crippen LogP contribution in [0.4, 0.5) is 0 Å². The molecule has 168 valence electrons. The normalized spacial score (nSPS) is 11.2. The van der Waals surface area contributed by atoms with Crippen LogP contribution in [0.2, 0.25) is 5.02 Å². The first kappa shape index (κ1) is 21.5. The van der Waals surface area contributed by atoms with Crippen molar-refractivity contribution in [2.45, 2.75) is 6.61 Å². The Labute approximate surface area is 200 Å². The van der Waals surface area contributed by atoms with Crippen LogP contribution in [0.25, 0.3) is 22.2 Å². The van der Waals surface area contributed by atoms with Gasteiger partial charge in [0.25, 0.3) is 5.91 Å². The monoisotopic (exact) mass is 469 g/mol. The van der Waals surface area contributed by atoms with Crippen molar-refractivity contribution < 1.29 is 9.53 Å². The summed E-state index contributed by atoms with van der Waals surface area (Å²) in [5.74, 6) is 0.332. The van der Waals surface area contributed by atoms with E-state index in [0.717, 1.165) is 27.6 Å². The van der Waals surface area contributed by atoms with Crippen LogP contribution in [0, 0.1) is 0 Å². The van der Waals surface area contributed by atoms with E-state index >= 15 is 0 Å². The fourth-order valence-electron chi connectivity index (χ4n) is 3.51. The topological polar surface area (TPSA) is 95.2 Å². The van der Waals surface area contributed by atoms with E-state index in [0.29, 0.717) is 28.8 Å². The summed E-state index contributed by atoms with van der Waals surface area (Å²) in [6, 6.07) is 24.6. The Morgan fingerprint density at radius 3 is 2.71 bits per heavy atom. The molecule has 34 heavy (non-hydrogen) atoms. The number of hydrogen-bond donors (Lipinski definition) is 3. The van der Waals surface area contributed by atoms with Gasteiger partial charge in [-0.3, -0.25) is 9.89 Å². The highest BCUT2D eigenvalue weighted by Crippen LogP contribution is 2.23. The van der Waals surface area contributed by atoms with E-state index in [-0.39, 0.29) is 5.91 Å². The average Bonchev–Trinajstić information content (AvgIpc) is 3.52. The number of hydrogen-bond acceptors (Lipinski definition) is 4. The predicted octanol–water partition coefficient (Wildman–Crippen LogP) is 5.55. The van der Waals surface area contributed by atoms with Crippen molar-refractivity contribution in [3.8, 4) is 17.0 Å². The number of nitrogens with one attached hydrogen (secondary N) is 3. The summed E-state index contributed by atoms with van der Waals surface area (Å²) >= 11 is 6.17. The van der Waals surface area contributed by atoms with Crippen LogP contribution in [0.15, 0.2) is 90.2 Å². The van der Waals surface area contributed by atoms with Crippen molar-refractivity contribution in [3.63, 3.8) is 0 Å². The van der Waals surface area contributed by atoms with Crippen LogP contribution in [0.5, 0.6) is 5.75 Å². The zero-order chi connectivity index (χ0) is 23.3. The van der Waals surface area contributed by atoms with Crippen LogP contribution in [0.1, 0.15) is 21.6 Å². The number of nitrogens with zero attached hydrogens (tertiary/aromatic N) is 2. The molecule has 0 aliphatic carbocycles. The summed E-state index contributed by atoms with van der Waals surface area (Å²) < 4.78 is 5.81. The lowest BCUT2D eigenvalue weighted by Gasteiger charge is -2.08. The number of amides is 1. The van der Waals surface area contributed by atoms with Gasteiger partial charge in [-0.2, -0.15) is 10.2 Å². The predicted molar refractivity (Wildman–Crippen MR) is 133 cm³/mol. The molecule has 7 nitrogen and oxygen atoms in total. The van der Waals surface area contributed by atoms with E-state index < -0.39 is 0 Å². The number of rotatable bonds is 7. The van der Waals surface area contributed by atoms with Crippen molar-refractivity contribution >= 4 is 34.6 Å². The van der Waals surface area contributed by atoms with E-state index in [9.17, 15) is 4.79 Å². The fourth-order valence-corrected chi connectivity index (χ4v) is 3.70. The molecule has 5 rings (SSSR count). The van der Waals surface area contributed by atoms with Gasteiger partial charge in [-0.15, -0.1) is 0 Å². The van der Waals surface area contributed by atoms with Crippen LogP contribution in [-0.2, 0) is 6.61 Å². The molecule has 0 spiro atoms. The number of hydrazone groups is 1. The van der Waals surface area contributed by atoms with E-state index in [1.165, 1.54) is 0 Å². The largest absolute Gasteiger partial charge is 0.489 e. The summed E-state index contributed by atoms with van der Waals surface area (Å²) in [5.41, 5.74) is 7.14. The highest BCUT2D eigenvalue weighted by molar-refractivity contribution is 6.31. The summed E-state index contributed by atoms with van der Waals surface area (Å²) in [6.45, 7) is 0.380. The fraction of sp³-hybridized carbons (Fsp3) is 0.0385. The molecule has 8 heteroatoms. The maximum atomic E-state index is 12.4. The Hall–Kier alpha value is -4.36. The minimum atomic E-state index is -0.380. The quantitative estimate of drug-likeness (QED) is 0.215. The Bertz CT molecular complexity index is 1470. The minimum Gasteiger partial charge on any atom is -0.489 e. The van der Waals surface area contributed by atoms with Gasteiger partial charge in [0.05, 0.1) is 11.9 Å². The molecule has 3 N–H and O–H groups in total. The third-order valence-corrected chi connectivity index (χ3v) is 5.68. The zero-order valence-electron chi connectivity index (χ0n) is 18.0. The number of ether oxygens (including phenoxy) is 1. The van der Waals surface area contributed by atoms with Gasteiger partial charge in [0.2, 0.25) is 0 Å². The minimum absolute atomic E-state index is 0.310. The number of para-hydroxylation sites is 1. The van der Waals surface area contributed by atoms with Gasteiger partial charge < -0.3 is 9.72 Å².